The number of nitrogens with zero attached hydrogens (tertiary/aromatic N) is 2. The van der Waals surface area contributed by atoms with Gasteiger partial charge in [-0.15, -0.1) is 0 Å². The number of hydrogen-bond acceptors (Lipinski definition) is 6. The first-order valence-corrected chi connectivity index (χ1v) is 5.64. The number of anilines is 1. The molecule has 1 aliphatic heterocycles. The number of hydrogen-bond donors (Lipinski definition) is 3. The molecular formula is C10H12FN3O3S. The summed E-state index contributed by atoms with van der Waals surface area (Å²) in [5.74, 6) is -1.30. The van der Waals surface area contributed by atoms with Crippen LogP contribution in [0.25, 0.3) is 0 Å². The van der Waals surface area contributed by atoms with Crippen molar-refractivity contribution < 1.29 is 14.2 Å². The quantitative estimate of drug-likeness (QED) is 0.509. The summed E-state index contributed by atoms with van der Waals surface area (Å²) in [7, 11) is 0. The molecule has 0 aromatic carbocycles. The van der Waals surface area contributed by atoms with Gasteiger partial charge in [0.05, 0.1) is 24.2 Å². The lowest BCUT2D eigenvalue weighted by atomic mass is 10.1. The van der Waals surface area contributed by atoms with Gasteiger partial charge in [0.25, 0.3) is 0 Å². The van der Waals surface area contributed by atoms with Gasteiger partial charge in [0.2, 0.25) is 0 Å². The second-order valence-corrected chi connectivity index (χ2v) is 4.45. The summed E-state index contributed by atoms with van der Waals surface area (Å²) in [5.41, 5.74) is 4.88. The lowest BCUT2D eigenvalue weighted by Gasteiger charge is -2.15. The third kappa shape index (κ3) is 2.02. The van der Waals surface area contributed by atoms with Crippen LogP contribution in [0.4, 0.5) is 10.2 Å². The number of aromatic nitrogens is 2. The highest BCUT2D eigenvalue weighted by atomic mass is 32.1. The second-order valence-electron chi connectivity index (χ2n) is 3.89. The van der Waals surface area contributed by atoms with E-state index in [0.717, 1.165) is 10.8 Å². The van der Waals surface area contributed by atoms with Gasteiger partial charge in [-0.3, -0.25) is 4.57 Å². The van der Waals surface area contributed by atoms with Gasteiger partial charge in [-0.1, -0.05) is 6.58 Å². The summed E-state index contributed by atoms with van der Waals surface area (Å²) in [6, 6.07) is 0. The first kappa shape index (κ1) is 13.1. The van der Waals surface area contributed by atoms with Crippen molar-refractivity contribution in [2.24, 2.45) is 0 Å². The zero-order valence-electron chi connectivity index (χ0n) is 9.28. The van der Waals surface area contributed by atoms with Crippen molar-refractivity contribution in [3.8, 4) is 0 Å². The Balaban J connectivity index is 2.42. The Morgan fingerprint density at radius 2 is 2.39 bits per heavy atom. The molecule has 1 saturated heterocycles. The number of ether oxygens (including phenoxy) is 1. The van der Waals surface area contributed by atoms with Gasteiger partial charge in [0, 0.05) is 0 Å². The van der Waals surface area contributed by atoms with Crippen LogP contribution in [0.15, 0.2) is 23.1 Å². The molecule has 0 spiro atoms. The maximum atomic E-state index is 13.3. The molecule has 1 aliphatic rings. The van der Waals surface area contributed by atoms with Crippen LogP contribution in [-0.4, -0.2) is 32.6 Å². The van der Waals surface area contributed by atoms with Crippen molar-refractivity contribution in [1.29, 1.82) is 0 Å². The number of thiol groups is 1. The normalized spacial score (nSPS) is 27.7. The van der Waals surface area contributed by atoms with Crippen LogP contribution in [0.3, 0.4) is 0 Å². The first-order valence-electron chi connectivity index (χ1n) is 5.13. The van der Waals surface area contributed by atoms with E-state index < -0.39 is 34.9 Å². The minimum Gasteiger partial charge on any atom is -0.394 e. The second kappa shape index (κ2) is 4.71. The van der Waals surface area contributed by atoms with Gasteiger partial charge in [-0.2, -0.15) is 17.6 Å². The van der Waals surface area contributed by atoms with Crippen molar-refractivity contribution in [1.82, 2.24) is 9.55 Å². The van der Waals surface area contributed by atoms with E-state index in [9.17, 15) is 9.18 Å². The molecule has 0 unspecified atom stereocenters. The van der Waals surface area contributed by atoms with Crippen LogP contribution in [-0.2, 0) is 4.74 Å². The molecule has 2 heterocycles. The molecule has 1 aromatic heterocycles. The lowest BCUT2D eigenvalue weighted by Crippen LogP contribution is -2.29. The number of aliphatic hydroxyl groups is 1. The Hall–Kier alpha value is -1.38. The fourth-order valence-electron chi connectivity index (χ4n) is 1.72. The summed E-state index contributed by atoms with van der Waals surface area (Å²) >= 11 is 4.21. The molecule has 2 rings (SSSR count). The number of rotatable bonds is 2. The maximum absolute atomic E-state index is 13.3. The minimum absolute atomic E-state index is 0.274. The van der Waals surface area contributed by atoms with E-state index in [1.165, 1.54) is 0 Å². The highest BCUT2D eigenvalue weighted by Gasteiger charge is 2.37. The zero-order valence-corrected chi connectivity index (χ0v) is 10.2. The van der Waals surface area contributed by atoms with Crippen LogP contribution >= 0.6 is 12.6 Å². The largest absolute Gasteiger partial charge is 0.394 e. The molecule has 98 valence electrons. The molecule has 6 nitrogen and oxygen atoms in total. The zero-order chi connectivity index (χ0) is 13.4. The van der Waals surface area contributed by atoms with Crippen molar-refractivity contribution in [3.63, 3.8) is 0 Å². The van der Waals surface area contributed by atoms with Gasteiger partial charge in [-0.25, -0.2) is 9.18 Å². The highest BCUT2D eigenvalue weighted by molar-refractivity contribution is 7.81. The van der Waals surface area contributed by atoms with Crippen LogP contribution in [0.5, 0.6) is 0 Å². The van der Waals surface area contributed by atoms with E-state index in [4.69, 9.17) is 15.6 Å². The number of nitrogen functional groups attached to an aromatic ring is 1. The predicted octanol–water partition coefficient (Wildman–Crippen LogP) is -0.291. The van der Waals surface area contributed by atoms with E-state index in [2.05, 4.69) is 24.2 Å². The molecular weight excluding hydrogens is 261 g/mol. The summed E-state index contributed by atoms with van der Waals surface area (Å²) < 4.78 is 19.6. The molecule has 0 saturated carbocycles. The van der Waals surface area contributed by atoms with Crippen molar-refractivity contribution >= 4 is 18.4 Å². The average molecular weight is 273 g/mol. The van der Waals surface area contributed by atoms with Crippen LogP contribution in [0.2, 0.25) is 0 Å². The Labute approximate surface area is 107 Å². The van der Waals surface area contributed by atoms with E-state index in [1.54, 1.807) is 0 Å². The predicted molar refractivity (Wildman–Crippen MR) is 65.8 cm³/mol. The van der Waals surface area contributed by atoms with Crippen molar-refractivity contribution in [3.05, 3.63) is 34.7 Å². The summed E-state index contributed by atoms with van der Waals surface area (Å²) in [6.45, 7) is 3.46. The van der Waals surface area contributed by atoms with E-state index in [1.807, 2.05) is 0 Å². The smallest absolute Gasteiger partial charge is 0.352 e. The van der Waals surface area contributed by atoms with Crippen LogP contribution in [0.1, 0.15) is 6.23 Å². The first-order chi connectivity index (χ1) is 8.45. The van der Waals surface area contributed by atoms with Crippen LogP contribution in [0, 0.1) is 5.82 Å². The highest BCUT2D eigenvalue weighted by Crippen LogP contribution is 2.35. The van der Waals surface area contributed by atoms with Gasteiger partial charge in [-0.05, 0) is 5.57 Å². The summed E-state index contributed by atoms with van der Waals surface area (Å²) in [4.78, 5) is 15.0. The third-order valence-corrected chi connectivity index (χ3v) is 3.38. The van der Waals surface area contributed by atoms with Gasteiger partial charge in [0.1, 0.15) is 0 Å². The molecule has 1 aromatic rings. The number of aliphatic hydroxyl groups excluding tert-OH is 1. The lowest BCUT2D eigenvalue weighted by molar-refractivity contribution is -0.0158. The topological polar surface area (TPSA) is 90.4 Å². The van der Waals surface area contributed by atoms with E-state index >= 15 is 0 Å². The molecule has 0 aliphatic carbocycles. The van der Waals surface area contributed by atoms with E-state index in [0.29, 0.717) is 5.57 Å². The Bertz CT molecular complexity index is 548. The standard InChI is InChI=1S/C10H12FN3O3S/c1-4-7(18)6(3-15)17-9(4)14-2-5(11)8(12)13-10(14)16/h2,6-7,9,15,18H,1,3H2,(H2,12,13,16)/t6-,7+,9-/m1/s1. The molecule has 18 heavy (non-hydrogen) atoms. The van der Waals surface area contributed by atoms with Crippen molar-refractivity contribution in [2.45, 2.75) is 17.6 Å². The Kier molecular flexibility index (Phi) is 3.42. The fourth-order valence-corrected chi connectivity index (χ4v) is 2.02. The third-order valence-electron chi connectivity index (χ3n) is 2.72. The molecule has 3 atom stereocenters. The SMILES string of the molecule is C=C1[C@H](n2cc(F)c(N)nc2=O)O[C@H](CO)[C@H]1S. The Morgan fingerprint density at radius 1 is 1.72 bits per heavy atom. The summed E-state index contributed by atoms with van der Waals surface area (Å²) in [5, 5.41) is 8.64. The Morgan fingerprint density at radius 3 is 2.94 bits per heavy atom. The van der Waals surface area contributed by atoms with Crippen molar-refractivity contribution in [2.75, 3.05) is 12.3 Å². The van der Waals surface area contributed by atoms with Crippen LogP contribution < -0.4 is 11.4 Å². The molecule has 8 heteroatoms. The van der Waals surface area contributed by atoms with Gasteiger partial charge >= 0.3 is 5.69 Å². The van der Waals surface area contributed by atoms with E-state index in [-0.39, 0.29) is 6.61 Å². The molecule has 0 amide bonds. The molecule has 3 N–H and O–H groups in total. The minimum atomic E-state index is -0.903. The molecule has 0 radical (unpaired) electrons. The number of halogens is 1. The van der Waals surface area contributed by atoms with Gasteiger partial charge in [0.15, 0.2) is 17.9 Å². The van der Waals surface area contributed by atoms with Gasteiger partial charge < -0.3 is 15.6 Å². The molecule has 1 fully saturated rings. The maximum Gasteiger partial charge on any atom is 0.352 e. The average Bonchev–Trinajstić information content (AvgIpc) is 2.61. The molecule has 0 bridgehead atoms. The summed E-state index contributed by atoms with van der Waals surface area (Å²) in [6.07, 6.45) is -0.598. The fraction of sp³-hybridized carbons (Fsp3) is 0.400. The monoisotopic (exact) mass is 273 g/mol. The number of nitrogens with two attached hydrogens (primary N) is 1.